The molecule has 0 fully saturated rings. The van der Waals surface area contributed by atoms with Crippen molar-refractivity contribution in [1.82, 2.24) is 5.32 Å². The lowest BCUT2D eigenvalue weighted by Gasteiger charge is -2.16. The monoisotopic (exact) mass is 262 g/mol. The van der Waals surface area contributed by atoms with Crippen LogP contribution in [0.1, 0.15) is 25.5 Å². The molecular weight excluding hydrogens is 247 g/mol. The highest BCUT2D eigenvalue weighted by Crippen LogP contribution is 2.31. The third kappa shape index (κ3) is 3.52. The molecule has 0 heterocycles. The number of aliphatic hydroxyl groups is 1. The Balaban J connectivity index is 2.80. The number of benzene rings is 1. The highest BCUT2D eigenvalue weighted by molar-refractivity contribution is 6.38. The Morgan fingerprint density at radius 2 is 1.81 bits per heavy atom. The first-order valence-corrected chi connectivity index (χ1v) is 5.83. The van der Waals surface area contributed by atoms with Gasteiger partial charge in [-0.3, -0.25) is 0 Å². The average molecular weight is 263 g/mol. The van der Waals surface area contributed by atoms with Crippen molar-refractivity contribution in [3.05, 3.63) is 27.7 Å². The van der Waals surface area contributed by atoms with Crippen molar-refractivity contribution in [2.45, 2.75) is 26.0 Å². The number of nitrogens with one attached hydrogen (secondary N) is 1. The number of nitrogen functional groups attached to an aromatic ring is 1. The molecule has 0 aliphatic heterocycles. The number of halogens is 2. The van der Waals surface area contributed by atoms with E-state index in [-0.39, 0.29) is 12.1 Å². The van der Waals surface area contributed by atoms with Crippen LogP contribution in [0.2, 0.25) is 10.0 Å². The van der Waals surface area contributed by atoms with Crippen LogP contribution in [-0.4, -0.2) is 17.8 Å². The topological polar surface area (TPSA) is 58.3 Å². The lowest BCUT2D eigenvalue weighted by molar-refractivity contribution is 0.187. The number of nitrogens with two attached hydrogens (primary N) is 1. The van der Waals surface area contributed by atoms with Crippen molar-refractivity contribution >= 4 is 28.9 Å². The van der Waals surface area contributed by atoms with Crippen molar-refractivity contribution < 1.29 is 5.11 Å². The molecule has 1 aromatic carbocycles. The van der Waals surface area contributed by atoms with Gasteiger partial charge in [-0.2, -0.15) is 0 Å². The van der Waals surface area contributed by atoms with Gasteiger partial charge in [0, 0.05) is 12.6 Å². The fourth-order valence-corrected chi connectivity index (χ4v) is 1.82. The fourth-order valence-electron chi connectivity index (χ4n) is 1.32. The van der Waals surface area contributed by atoms with Gasteiger partial charge in [0.05, 0.1) is 21.8 Å². The van der Waals surface area contributed by atoms with E-state index in [1.807, 2.05) is 6.92 Å². The van der Waals surface area contributed by atoms with E-state index in [1.165, 1.54) is 0 Å². The van der Waals surface area contributed by atoms with Gasteiger partial charge in [-0.05, 0) is 31.5 Å². The van der Waals surface area contributed by atoms with Gasteiger partial charge in [0.25, 0.3) is 0 Å². The summed E-state index contributed by atoms with van der Waals surface area (Å²) in [6.07, 6.45) is -0.387. The minimum absolute atomic E-state index is 0.0604. The smallest absolute Gasteiger partial charge is 0.0693 e. The predicted molar refractivity (Wildman–Crippen MR) is 69.0 cm³/mol. The molecule has 0 saturated carbocycles. The molecule has 0 aliphatic rings. The second kappa shape index (κ2) is 5.73. The van der Waals surface area contributed by atoms with E-state index >= 15 is 0 Å². The van der Waals surface area contributed by atoms with E-state index in [9.17, 15) is 0 Å². The Morgan fingerprint density at radius 3 is 2.25 bits per heavy atom. The maximum atomic E-state index is 9.17. The average Bonchev–Trinajstić information content (AvgIpc) is 2.21. The molecule has 1 aromatic rings. The third-order valence-electron chi connectivity index (χ3n) is 2.32. The van der Waals surface area contributed by atoms with Gasteiger partial charge >= 0.3 is 0 Å². The second-order valence-corrected chi connectivity index (χ2v) is 4.69. The summed E-state index contributed by atoms with van der Waals surface area (Å²) in [4.78, 5) is 0. The number of rotatable bonds is 4. The Kier molecular flexibility index (Phi) is 4.87. The summed E-state index contributed by atoms with van der Waals surface area (Å²) in [5, 5.41) is 13.2. The molecular formula is C11H16Cl2N2O. The molecule has 3 nitrogen and oxygen atoms in total. The molecule has 5 heteroatoms. The quantitative estimate of drug-likeness (QED) is 0.732. The first kappa shape index (κ1) is 13.6. The van der Waals surface area contributed by atoms with Crippen molar-refractivity contribution in [2.75, 3.05) is 12.3 Å². The van der Waals surface area contributed by atoms with Gasteiger partial charge < -0.3 is 16.2 Å². The number of aliphatic hydroxyl groups excluding tert-OH is 1. The van der Waals surface area contributed by atoms with E-state index in [0.29, 0.717) is 22.3 Å². The van der Waals surface area contributed by atoms with Crippen LogP contribution >= 0.6 is 23.2 Å². The summed E-state index contributed by atoms with van der Waals surface area (Å²) in [6.45, 7) is 4.21. The molecule has 2 atom stereocenters. The van der Waals surface area contributed by atoms with E-state index in [1.54, 1.807) is 19.1 Å². The lowest BCUT2D eigenvalue weighted by atomic mass is 10.1. The van der Waals surface area contributed by atoms with Crippen LogP contribution in [0.3, 0.4) is 0 Å². The van der Waals surface area contributed by atoms with Gasteiger partial charge in [-0.1, -0.05) is 23.2 Å². The zero-order chi connectivity index (χ0) is 12.3. The first-order chi connectivity index (χ1) is 7.41. The molecule has 90 valence electrons. The molecule has 0 bridgehead atoms. The number of hydrogen-bond donors (Lipinski definition) is 3. The molecule has 0 saturated heterocycles. The van der Waals surface area contributed by atoms with Gasteiger partial charge in [0.2, 0.25) is 0 Å². The van der Waals surface area contributed by atoms with Crippen LogP contribution in [0.25, 0.3) is 0 Å². The molecule has 0 spiro atoms. The van der Waals surface area contributed by atoms with Crippen LogP contribution in [0.4, 0.5) is 5.69 Å². The minimum atomic E-state index is -0.387. The van der Waals surface area contributed by atoms with Crippen molar-refractivity contribution in [3.63, 3.8) is 0 Å². The maximum Gasteiger partial charge on any atom is 0.0693 e. The SMILES string of the molecule is CC(NC[C@H](C)O)c1cc(Cl)c(N)c(Cl)c1. The highest BCUT2D eigenvalue weighted by Gasteiger charge is 2.10. The summed E-state index contributed by atoms with van der Waals surface area (Å²) >= 11 is 11.9. The predicted octanol–water partition coefficient (Wildman–Crippen LogP) is 2.61. The molecule has 0 radical (unpaired) electrons. The lowest BCUT2D eigenvalue weighted by Crippen LogP contribution is -2.27. The second-order valence-electron chi connectivity index (χ2n) is 3.88. The zero-order valence-corrected chi connectivity index (χ0v) is 10.8. The molecule has 0 amide bonds. The van der Waals surface area contributed by atoms with Crippen molar-refractivity contribution in [1.29, 1.82) is 0 Å². The van der Waals surface area contributed by atoms with Gasteiger partial charge in [-0.15, -0.1) is 0 Å². The van der Waals surface area contributed by atoms with Crippen molar-refractivity contribution in [2.24, 2.45) is 0 Å². The summed E-state index contributed by atoms with van der Waals surface area (Å²) in [5.41, 5.74) is 7.00. The standard InChI is InChI=1S/C11H16Cl2N2O/c1-6(16)5-15-7(2)8-3-9(12)11(14)10(13)4-8/h3-4,6-7,15-16H,5,14H2,1-2H3/t6-,7?/m0/s1. The highest BCUT2D eigenvalue weighted by atomic mass is 35.5. The normalized spacial score (nSPS) is 14.8. The van der Waals surface area contributed by atoms with E-state index in [0.717, 1.165) is 5.56 Å². The molecule has 1 rings (SSSR count). The molecule has 0 aliphatic carbocycles. The fraction of sp³-hybridized carbons (Fsp3) is 0.455. The van der Waals surface area contributed by atoms with Crippen LogP contribution < -0.4 is 11.1 Å². The van der Waals surface area contributed by atoms with Crippen molar-refractivity contribution in [3.8, 4) is 0 Å². The van der Waals surface area contributed by atoms with Crippen LogP contribution in [0, 0.1) is 0 Å². The van der Waals surface area contributed by atoms with Crippen LogP contribution in [0.15, 0.2) is 12.1 Å². The number of anilines is 1. The Labute approximate surface area is 106 Å². The van der Waals surface area contributed by atoms with E-state index < -0.39 is 0 Å². The maximum absolute atomic E-state index is 9.17. The third-order valence-corrected chi connectivity index (χ3v) is 2.95. The largest absolute Gasteiger partial charge is 0.396 e. The molecule has 16 heavy (non-hydrogen) atoms. The van der Waals surface area contributed by atoms with Crippen LogP contribution in [-0.2, 0) is 0 Å². The van der Waals surface area contributed by atoms with E-state index in [2.05, 4.69) is 5.32 Å². The molecule has 1 unspecified atom stereocenters. The van der Waals surface area contributed by atoms with E-state index in [4.69, 9.17) is 34.0 Å². The summed E-state index contributed by atoms with van der Waals surface area (Å²) in [5.74, 6) is 0. The summed E-state index contributed by atoms with van der Waals surface area (Å²) in [6, 6.07) is 3.62. The molecule has 0 aromatic heterocycles. The summed E-state index contributed by atoms with van der Waals surface area (Å²) < 4.78 is 0. The van der Waals surface area contributed by atoms with Gasteiger partial charge in [-0.25, -0.2) is 0 Å². The first-order valence-electron chi connectivity index (χ1n) is 5.07. The van der Waals surface area contributed by atoms with Crippen LogP contribution in [0.5, 0.6) is 0 Å². The van der Waals surface area contributed by atoms with Gasteiger partial charge in [0.15, 0.2) is 0 Å². The zero-order valence-electron chi connectivity index (χ0n) is 9.30. The Bertz CT molecular complexity index is 346. The van der Waals surface area contributed by atoms with Gasteiger partial charge in [0.1, 0.15) is 0 Å². The Morgan fingerprint density at radius 1 is 1.31 bits per heavy atom. The Hall–Kier alpha value is -0.480. The summed E-state index contributed by atoms with van der Waals surface area (Å²) in [7, 11) is 0. The number of hydrogen-bond acceptors (Lipinski definition) is 3. The molecule has 4 N–H and O–H groups in total. The minimum Gasteiger partial charge on any atom is -0.396 e.